The molecule has 1 fully saturated rings. The summed E-state index contributed by atoms with van der Waals surface area (Å²) in [6.07, 6.45) is 9.31. The second-order valence-corrected chi connectivity index (χ2v) is 9.87. The van der Waals surface area contributed by atoms with Crippen molar-refractivity contribution >= 4 is 11.8 Å². The standard InChI is InChI=1S/C29H43N3O3/c1-4-5-16-31(22-27-15-10-17-30(27)21-25-12-9-11-24(2)20-25)28(33)23-32(18-19-35-3)29(34)26-13-7-6-8-14-26/h9-12,15,17,20,26H,4-8,13-14,16,18-19,21-23H2,1-3H3. The van der Waals surface area contributed by atoms with Gasteiger partial charge in [0.15, 0.2) is 0 Å². The Kier molecular flexibility index (Phi) is 10.9. The van der Waals surface area contributed by atoms with Crippen LogP contribution < -0.4 is 0 Å². The van der Waals surface area contributed by atoms with Gasteiger partial charge >= 0.3 is 0 Å². The summed E-state index contributed by atoms with van der Waals surface area (Å²) in [7, 11) is 1.64. The number of benzene rings is 1. The zero-order chi connectivity index (χ0) is 25.0. The Morgan fingerprint density at radius 1 is 1.06 bits per heavy atom. The van der Waals surface area contributed by atoms with E-state index in [2.05, 4.69) is 54.9 Å². The minimum atomic E-state index is 0.0158. The molecule has 1 aliphatic carbocycles. The molecule has 1 aromatic carbocycles. The lowest BCUT2D eigenvalue weighted by atomic mass is 9.88. The van der Waals surface area contributed by atoms with Gasteiger partial charge in [0, 0.05) is 44.6 Å². The highest BCUT2D eigenvalue weighted by molar-refractivity contribution is 5.86. The third kappa shape index (κ3) is 8.24. The molecular weight excluding hydrogens is 438 g/mol. The number of amides is 2. The van der Waals surface area contributed by atoms with E-state index in [4.69, 9.17) is 4.74 Å². The van der Waals surface area contributed by atoms with Gasteiger partial charge in [-0.1, -0.05) is 62.4 Å². The third-order valence-electron chi connectivity index (χ3n) is 7.00. The van der Waals surface area contributed by atoms with Gasteiger partial charge < -0.3 is 19.1 Å². The summed E-state index contributed by atoms with van der Waals surface area (Å²) in [4.78, 5) is 30.5. The molecule has 2 amide bonds. The summed E-state index contributed by atoms with van der Waals surface area (Å²) in [6.45, 7) is 7.30. The largest absolute Gasteiger partial charge is 0.383 e. The van der Waals surface area contributed by atoms with E-state index >= 15 is 0 Å². The summed E-state index contributed by atoms with van der Waals surface area (Å²) in [5, 5.41) is 0. The lowest BCUT2D eigenvalue weighted by Crippen LogP contribution is -2.46. The van der Waals surface area contributed by atoms with Crippen LogP contribution in [-0.4, -0.2) is 59.5 Å². The van der Waals surface area contributed by atoms with Gasteiger partial charge in [0.05, 0.1) is 19.7 Å². The number of ether oxygens (including phenoxy) is 1. The van der Waals surface area contributed by atoms with Crippen LogP contribution in [0.25, 0.3) is 0 Å². The predicted molar refractivity (Wildman–Crippen MR) is 140 cm³/mol. The molecule has 6 heteroatoms. The fraction of sp³-hybridized carbons (Fsp3) is 0.586. The number of nitrogens with zero attached hydrogens (tertiary/aromatic N) is 3. The molecule has 0 radical (unpaired) electrons. The molecule has 1 saturated carbocycles. The molecule has 0 bridgehead atoms. The van der Waals surface area contributed by atoms with Gasteiger partial charge in [0.25, 0.3) is 0 Å². The van der Waals surface area contributed by atoms with E-state index in [0.717, 1.165) is 50.8 Å². The summed E-state index contributed by atoms with van der Waals surface area (Å²) < 4.78 is 7.48. The predicted octanol–water partition coefficient (Wildman–Crippen LogP) is 5.03. The topological polar surface area (TPSA) is 54.8 Å². The lowest BCUT2D eigenvalue weighted by Gasteiger charge is -2.31. The molecule has 1 heterocycles. The number of carbonyl (C=O) groups is 2. The summed E-state index contributed by atoms with van der Waals surface area (Å²) in [5.41, 5.74) is 3.60. The highest BCUT2D eigenvalue weighted by atomic mass is 16.5. The fourth-order valence-corrected chi connectivity index (χ4v) is 4.93. The SMILES string of the molecule is CCCCN(Cc1cccn1Cc1cccc(C)c1)C(=O)CN(CCOC)C(=O)C1CCCCC1. The van der Waals surface area contributed by atoms with Crippen molar-refractivity contribution in [2.75, 3.05) is 33.4 Å². The van der Waals surface area contributed by atoms with E-state index < -0.39 is 0 Å². The van der Waals surface area contributed by atoms with Crippen molar-refractivity contribution < 1.29 is 14.3 Å². The van der Waals surface area contributed by atoms with Crippen molar-refractivity contribution in [1.82, 2.24) is 14.4 Å². The van der Waals surface area contributed by atoms with Crippen LogP contribution in [0.4, 0.5) is 0 Å². The second-order valence-electron chi connectivity index (χ2n) is 9.87. The van der Waals surface area contributed by atoms with Crippen LogP contribution in [0, 0.1) is 12.8 Å². The average Bonchev–Trinajstić information content (AvgIpc) is 3.30. The third-order valence-corrected chi connectivity index (χ3v) is 7.00. The first-order chi connectivity index (χ1) is 17.0. The van der Waals surface area contributed by atoms with Crippen LogP contribution >= 0.6 is 0 Å². The van der Waals surface area contributed by atoms with Crippen LogP contribution in [-0.2, 0) is 27.4 Å². The first kappa shape index (κ1) is 27.0. The molecule has 0 saturated heterocycles. The molecule has 1 aliphatic rings. The minimum Gasteiger partial charge on any atom is -0.383 e. The maximum Gasteiger partial charge on any atom is 0.242 e. The molecular formula is C29H43N3O3. The van der Waals surface area contributed by atoms with Gasteiger partial charge in [-0.25, -0.2) is 0 Å². The zero-order valence-electron chi connectivity index (χ0n) is 21.9. The molecule has 3 rings (SSSR count). The van der Waals surface area contributed by atoms with E-state index in [0.29, 0.717) is 26.2 Å². The Morgan fingerprint density at radius 2 is 1.86 bits per heavy atom. The van der Waals surface area contributed by atoms with Crippen LogP contribution in [0.5, 0.6) is 0 Å². The van der Waals surface area contributed by atoms with E-state index in [1.54, 1.807) is 12.0 Å². The summed E-state index contributed by atoms with van der Waals surface area (Å²) in [6, 6.07) is 12.7. The van der Waals surface area contributed by atoms with Gasteiger partial charge in [-0.2, -0.15) is 0 Å². The highest BCUT2D eigenvalue weighted by Gasteiger charge is 2.28. The Labute approximate surface area is 211 Å². The molecule has 0 unspecified atom stereocenters. The number of rotatable bonds is 13. The van der Waals surface area contributed by atoms with Crippen molar-refractivity contribution in [3.63, 3.8) is 0 Å². The van der Waals surface area contributed by atoms with E-state index in [9.17, 15) is 9.59 Å². The van der Waals surface area contributed by atoms with Crippen molar-refractivity contribution in [2.45, 2.75) is 71.9 Å². The van der Waals surface area contributed by atoms with E-state index in [1.165, 1.54) is 17.5 Å². The van der Waals surface area contributed by atoms with Crippen molar-refractivity contribution in [2.24, 2.45) is 5.92 Å². The molecule has 35 heavy (non-hydrogen) atoms. The van der Waals surface area contributed by atoms with Gasteiger partial charge in [-0.3, -0.25) is 9.59 Å². The molecule has 0 aliphatic heterocycles. The van der Waals surface area contributed by atoms with Gasteiger partial charge in [-0.15, -0.1) is 0 Å². The minimum absolute atomic E-state index is 0.0158. The van der Waals surface area contributed by atoms with Crippen LogP contribution in [0.15, 0.2) is 42.6 Å². The van der Waals surface area contributed by atoms with E-state index in [-0.39, 0.29) is 24.3 Å². The number of hydrogen-bond acceptors (Lipinski definition) is 3. The average molecular weight is 482 g/mol. The maximum absolute atomic E-state index is 13.5. The number of hydrogen-bond donors (Lipinski definition) is 0. The van der Waals surface area contributed by atoms with Gasteiger partial charge in [0.2, 0.25) is 11.8 Å². The van der Waals surface area contributed by atoms with Crippen molar-refractivity contribution in [3.05, 3.63) is 59.4 Å². The normalized spacial score (nSPS) is 14.1. The molecule has 192 valence electrons. The summed E-state index contributed by atoms with van der Waals surface area (Å²) in [5.74, 6) is 0.180. The summed E-state index contributed by atoms with van der Waals surface area (Å²) >= 11 is 0. The Hall–Kier alpha value is -2.60. The first-order valence-electron chi connectivity index (χ1n) is 13.3. The van der Waals surface area contributed by atoms with Gasteiger partial charge in [0.1, 0.15) is 0 Å². The second kappa shape index (κ2) is 14.1. The van der Waals surface area contributed by atoms with Crippen LogP contribution in [0.2, 0.25) is 0 Å². The number of methoxy groups -OCH3 is 1. The molecule has 0 spiro atoms. The molecule has 0 N–H and O–H groups in total. The van der Waals surface area contributed by atoms with E-state index in [1.807, 2.05) is 11.0 Å². The zero-order valence-corrected chi connectivity index (χ0v) is 21.9. The van der Waals surface area contributed by atoms with Crippen molar-refractivity contribution in [3.8, 4) is 0 Å². The number of carbonyl (C=O) groups excluding carboxylic acids is 2. The Balaban J connectivity index is 1.71. The molecule has 0 atom stereocenters. The van der Waals surface area contributed by atoms with Gasteiger partial charge in [-0.05, 0) is 43.9 Å². The maximum atomic E-state index is 13.5. The molecule has 6 nitrogen and oxygen atoms in total. The number of aryl methyl sites for hydroxylation is 1. The smallest absolute Gasteiger partial charge is 0.242 e. The van der Waals surface area contributed by atoms with Crippen LogP contribution in [0.1, 0.15) is 68.7 Å². The highest BCUT2D eigenvalue weighted by Crippen LogP contribution is 2.25. The fourth-order valence-electron chi connectivity index (χ4n) is 4.93. The number of unbranched alkanes of at least 4 members (excludes halogenated alkanes) is 1. The monoisotopic (exact) mass is 481 g/mol. The Morgan fingerprint density at radius 3 is 2.57 bits per heavy atom. The first-order valence-corrected chi connectivity index (χ1v) is 13.3. The lowest BCUT2D eigenvalue weighted by molar-refractivity contribution is -0.144. The molecule has 1 aromatic heterocycles. The number of aromatic nitrogens is 1. The van der Waals surface area contributed by atoms with Crippen molar-refractivity contribution in [1.29, 1.82) is 0 Å². The van der Waals surface area contributed by atoms with Crippen LogP contribution in [0.3, 0.4) is 0 Å². The quantitative estimate of drug-likeness (QED) is 0.403. The molecule has 2 aromatic rings. The Bertz CT molecular complexity index is 933.